The van der Waals surface area contributed by atoms with Gasteiger partial charge in [-0.3, -0.25) is 0 Å². The number of para-hydroxylation sites is 1. The van der Waals surface area contributed by atoms with Gasteiger partial charge in [0.15, 0.2) is 6.67 Å². The van der Waals surface area contributed by atoms with Gasteiger partial charge in [-0.25, -0.2) is 4.58 Å². The van der Waals surface area contributed by atoms with Crippen LogP contribution in [0.15, 0.2) is 30.3 Å². The Morgan fingerprint density at radius 2 is 2.21 bits per heavy atom. The molecule has 0 aliphatic carbocycles. The van der Waals surface area contributed by atoms with Crippen LogP contribution in [0.1, 0.15) is 20.3 Å². The van der Waals surface area contributed by atoms with Gasteiger partial charge in [-0.1, -0.05) is 32.0 Å². The number of benzene rings is 1. The molecule has 2 aliphatic heterocycles. The average Bonchev–Trinajstić information content (AvgIpc) is 2.91. The molecule has 19 heavy (non-hydrogen) atoms. The highest BCUT2D eigenvalue weighted by atomic mass is 16.5. The van der Waals surface area contributed by atoms with Gasteiger partial charge in [-0.05, 0) is 24.5 Å². The third-order valence-electron chi connectivity index (χ3n) is 4.20. The van der Waals surface area contributed by atoms with E-state index < -0.39 is 0 Å². The van der Waals surface area contributed by atoms with Crippen LogP contribution in [0.5, 0.6) is 0 Å². The van der Waals surface area contributed by atoms with Crippen molar-refractivity contribution in [3.63, 3.8) is 0 Å². The van der Waals surface area contributed by atoms with Crippen molar-refractivity contribution in [3.05, 3.63) is 30.3 Å². The fraction of sp³-hybridized carbons (Fsp3) is 0.533. The molecular formula is C15H22N3O+. The molecule has 1 aromatic rings. The number of hydrogen-bond acceptors (Lipinski definition) is 3. The summed E-state index contributed by atoms with van der Waals surface area (Å²) in [7, 11) is 0. The molecule has 4 heteroatoms. The molecule has 0 bridgehead atoms. The number of anilines is 1. The summed E-state index contributed by atoms with van der Waals surface area (Å²) < 4.78 is 8.20. The summed E-state index contributed by atoms with van der Waals surface area (Å²) in [5.41, 5.74) is 4.67. The van der Waals surface area contributed by atoms with Crippen LogP contribution in [0.4, 0.5) is 5.69 Å². The molecular weight excluding hydrogens is 238 g/mol. The van der Waals surface area contributed by atoms with Crippen LogP contribution in [0, 0.1) is 5.92 Å². The summed E-state index contributed by atoms with van der Waals surface area (Å²) >= 11 is 0. The molecule has 0 fully saturated rings. The van der Waals surface area contributed by atoms with E-state index in [0.29, 0.717) is 18.6 Å². The summed E-state index contributed by atoms with van der Waals surface area (Å²) in [5.74, 6) is 1.84. The first kappa shape index (κ1) is 12.5. The van der Waals surface area contributed by atoms with E-state index in [1.54, 1.807) is 0 Å². The molecule has 2 aliphatic rings. The lowest BCUT2D eigenvalue weighted by atomic mass is 9.99. The second kappa shape index (κ2) is 5.21. The van der Waals surface area contributed by atoms with E-state index in [1.165, 1.54) is 17.9 Å². The van der Waals surface area contributed by atoms with Crippen molar-refractivity contribution in [1.29, 1.82) is 0 Å². The average molecular weight is 260 g/mol. The Morgan fingerprint density at radius 1 is 1.42 bits per heavy atom. The Balaban J connectivity index is 1.79. The third-order valence-corrected chi connectivity index (χ3v) is 4.20. The van der Waals surface area contributed by atoms with Gasteiger partial charge >= 0.3 is 0 Å². The molecule has 0 saturated carbocycles. The standard InChI is InChI=1S/C15H21N3O/c1-3-12(2)14-9-19-10-15-16-18(11-17(14)15)13-7-5-4-6-8-13/h4-8,12,14H,3,9-11H2,1-2H3/p+1. The Bertz CT molecular complexity index is 472. The molecule has 0 saturated heterocycles. The van der Waals surface area contributed by atoms with Crippen LogP contribution in [0.25, 0.3) is 0 Å². The van der Waals surface area contributed by atoms with Crippen LogP contribution in [0.2, 0.25) is 0 Å². The molecule has 4 nitrogen and oxygen atoms in total. The SMILES string of the molecule is CCC(C)C1COCC2=[N+]1CN(c1ccccc1)N2. The van der Waals surface area contributed by atoms with Gasteiger partial charge < -0.3 is 4.74 Å². The highest BCUT2D eigenvalue weighted by Gasteiger charge is 2.38. The summed E-state index contributed by atoms with van der Waals surface area (Å²) in [6, 6.07) is 10.9. The number of nitrogens with one attached hydrogen (secondary N) is 1. The molecule has 102 valence electrons. The molecule has 0 spiro atoms. The monoisotopic (exact) mass is 260 g/mol. The zero-order valence-corrected chi connectivity index (χ0v) is 11.7. The first-order valence-electron chi connectivity index (χ1n) is 7.09. The minimum absolute atomic E-state index is 0.481. The molecule has 0 aromatic heterocycles. The number of ether oxygens (including phenoxy) is 1. The van der Waals surface area contributed by atoms with Crippen molar-refractivity contribution >= 4 is 11.5 Å². The third kappa shape index (κ3) is 2.32. The van der Waals surface area contributed by atoms with Crippen molar-refractivity contribution < 1.29 is 9.31 Å². The van der Waals surface area contributed by atoms with Crippen LogP contribution in [-0.4, -0.2) is 36.3 Å². The van der Waals surface area contributed by atoms with Gasteiger partial charge in [-0.15, -0.1) is 0 Å². The maximum Gasteiger partial charge on any atom is 0.296 e. The molecule has 2 unspecified atom stereocenters. The summed E-state index contributed by atoms with van der Waals surface area (Å²) in [6.07, 6.45) is 1.18. The Hall–Kier alpha value is -1.55. The van der Waals surface area contributed by atoms with Crippen LogP contribution in [-0.2, 0) is 4.74 Å². The van der Waals surface area contributed by atoms with E-state index >= 15 is 0 Å². The Labute approximate surface area is 114 Å². The lowest BCUT2D eigenvalue weighted by Crippen LogP contribution is -2.45. The largest absolute Gasteiger partial charge is 0.364 e. The van der Waals surface area contributed by atoms with E-state index in [-0.39, 0.29) is 0 Å². The summed E-state index contributed by atoms with van der Waals surface area (Å²) in [5, 5.41) is 2.19. The van der Waals surface area contributed by atoms with Gasteiger partial charge in [0.2, 0.25) is 0 Å². The molecule has 1 N–H and O–H groups in total. The predicted molar refractivity (Wildman–Crippen MR) is 76.3 cm³/mol. The first-order valence-corrected chi connectivity index (χ1v) is 7.09. The lowest BCUT2D eigenvalue weighted by Gasteiger charge is -2.25. The number of rotatable bonds is 3. The van der Waals surface area contributed by atoms with Crippen molar-refractivity contribution in [2.24, 2.45) is 5.92 Å². The van der Waals surface area contributed by atoms with Crippen LogP contribution < -0.4 is 10.4 Å². The van der Waals surface area contributed by atoms with Crippen LogP contribution >= 0.6 is 0 Å². The van der Waals surface area contributed by atoms with E-state index in [1.807, 2.05) is 6.07 Å². The highest BCUT2D eigenvalue weighted by Crippen LogP contribution is 2.20. The highest BCUT2D eigenvalue weighted by molar-refractivity contribution is 5.82. The first-order chi connectivity index (χ1) is 9.29. The maximum absolute atomic E-state index is 5.74. The van der Waals surface area contributed by atoms with Crippen molar-refractivity contribution in [1.82, 2.24) is 5.43 Å². The topological polar surface area (TPSA) is 27.5 Å². The molecule has 0 amide bonds. The Kier molecular flexibility index (Phi) is 3.42. The fourth-order valence-corrected chi connectivity index (χ4v) is 2.78. The number of nitrogens with zero attached hydrogens (tertiary/aromatic N) is 2. The van der Waals surface area contributed by atoms with Gasteiger partial charge in [0, 0.05) is 0 Å². The van der Waals surface area contributed by atoms with Crippen molar-refractivity contribution in [3.8, 4) is 0 Å². The van der Waals surface area contributed by atoms with Crippen molar-refractivity contribution in [2.45, 2.75) is 26.3 Å². The number of hydrogen-bond donors (Lipinski definition) is 1. The van der Waals surface area contributed by atoms with E-state index in [9.17, 15) is 0 Å². The van der Waals surface area contributed by atoms with E-state index in [0.717, 1.165) is 13.3 Å². The van der Waals surface area contributed by atoms with Gasteiger partial charge in [0.05, 0.1) is 12.3 Å². The summed E-state index contributed by atoms with van der Waals surface area (Å²) in [6.45, 7) is 6.98. The molecule has 2 atom stereocenters. The quantitative estimate of drug-likeness (QED) is 0.840. The fourth-order valence-electron chi connectivity index (χ4n) is 2.78. The zero-order chi connectivity index (χ0) is 13.2. The second-order valence-electron chi connectivity index (χ2n) is 5.40. The minimum Gasteiger partial charge on any atom is -0.364 e. The minimum atomic E-state index is 0.481. The smallest absolute Gasteiger partial charge is 0.296 e. The van der Waals surface area contributed by atoms with Crippen LogP contribution in [0.3, 0.4) is 0 Å². The zero-order valence-electron chi connectivity index (χ0n) is 11.7. The normalized spacial score (nSPS) is 24.1. The van der Waals surface area contributed by atoms with E-state index in [2.05, 4.69) is 53.1 Å². The number of amidine groups is 1. The molecule has 3 rings (SSSR count). The molecule has 1 aromatic carbocycles. The number of hydrazine groups is 1. The van der Waals surface area contributed by atoms with Gasteiger partial charge in [0.25, 0.3) is 5.84 Å². The summed E-state index contributed by atoms with van der Waals surface area (Å²) in [4.78, 5) is 0. The molecule has 2 heterocycles. The van der Waals surface area contributed by atoms with E-state index in [4.69, 9.17) is 4.74 Å². The Morgan fingerprint density at radius 3 is 2.95 bits per heavy atom. The second-order valence-corrected chi connectivity index (χ2v) is 5.40. The predicted octanol–water partition coefficient (Wildman–Crippen LogP) is 1.82. The molecule has 0 radical (unpaired) electrons. The lowest BCUT2D eigenvalue weighted by molar-refractivity contribution is -0.578. The van der Waals surface area contributed by atoms with Gasteiger partial charge in [-0.2, -0.15) is 10.4 Å². The maximum atomic E-state index is 5.74. The van der Waals surface area contributed by atoms with Crippen molar-refractivity contribution in [2.75, 3.05) is 24.9 Å². The van der Waals surface area contributed by atoms with Gasteiger partial charge in [0.1, 0.15) is 12.6 Å².